The van der Waals surface area contributed by atoms with Crippen LogP contribution in [0.2, 0.25) is 0 Å². The Hall–Kier alpha value is -3.11. The number of carbonyl (C=O) groups excluding carboxylic acids is 3. The number of nitrogens with zero attached hydrogens (tertiary/aromatic N) is 4. The topological polar surface area (TPSA) is 159 Å². The zero-order valence-corrected chi connectivity index (χ0v) is 20.7. The minimum Gasteiger partial charge on any atom is -0.467 e. The molecule has 2 fully saturated rings. The van der Waals surface area contributed by atoms with Gasteiger partial charge in [0.1, 0.15) is 12.1 Å². The lowest BCUT2D eigenvalue weighted by molar-refractivity contribution is -0.151. The Bertz CT molecular complexity index is 1090. The fraction of sp³-hybridized carbons (Fsp3) is 0.609. The molecule has 2 amide bonds. The molecule has 0 bridgehead atoms. The molecular weight excluding hydrogens is 474 g/mol. The van der Waals surface area contributed by atoms with E-state index in [-0.39, 0.29) is 29.3 Å². The molecule has 3 rings (SSSR count). The molecule has 190 valence electrons. The van der Waals surface area contributed by atoms with Gasteiger partial charge in [0, 0.05) is 23.3 Å². The summed E-state index contributed by atoms with van der Waals surface area (Å²) in [5.74, 6) is -1.30. The van der Waals surface area contributed by atoms with Gasteiger partial charge < -0.3 is 15.0 Å². The zero-order chi connectivity index (χ0) is 25.6. The maximum Gasteiger partial charge on any atom is 0.328 e. The quantitative estimate of drug-likeness (QED) is 0.247. The van der Waals surface area contributed by atoms with Gasteiger partial charge in [0.25, 0.3) is 5.91 Å². The number of azide groups is 1. The molecule has 1 N–H and O–H groups in total. The van der Waals surface area contributed by atoms with Crippen molar-refractivity contribution in [1.29, 1.82) is 0 Å². The Morgan fingerprint density at radius 2 is 1.86 bits per heavy atom. The number of methoxy groups -OCH3 is 1. The van der Waals surface area contributed by atoms with Crippen LogP contribution in [-0.2, 0) is 24.2 Å². The highest BCUT2D eigenvalue weighted by molar-refractivity contribution is 7.90. The lowest BCUT2D eigenvalue weighted by Gasteiger charge is -2.31. The molecule has 35 heavy (non-hydrogen) atoms. The van der Waals surface area contributed by atoms with Gasteiger partial charge in [0.15, 0.2) is 9.84 Å². The summed E-state index contributed by atoms with van der Waals surface area (Å²) in [6.45, 7) is 0.0583. The van der Waals surface area contributed by atoms with Gasteiger partial charge in [-0.1, -0.05) is 37.2 Å². The number of sulfone groups is 1. The summed E-state index contributed by atoms with van der Waals surface area (Å²) in [6.07, 6.45) is 6.80. The average Bonchev–Trinajstić information content (AvgIpc) is 3.27. The van der Waals surface area contributed by atoms with Crippen molar-refractivity contribution >= 4 is 27.6 Å². The Morgan fingerprint density at radius 3 is 2.43 bits per heavy atom. The number of rotatable bonds is 8. The molecule has 3 atom stereocenters. The highest BCUT2D eigenvalue weighted by atomic mass is 32.2. The Kier molecular flexibility index (Phi) is 8.74. The molecule has 0 aromatic heterocycles. The van der Waals surface area contributed by atoms with Crippen LogP contribution in [0.4, 0.5) is 0 Å². The lowest BCUT2D eigenvalue weighted by Crippen LogP contribution is -2.52. The zero-order valence-electron chi connectivity index (χ0n) is 19.9. The van der Waals surface area contributed by atoms with Crippen molar-refractivity contribution in [3.63, 3.8) is 0 Å². The summed E-state index contributed by atoms with van der Waals surface area (Å²) >= 11 is 0. The molecule has 12 heteroatoms. The first-order chi connectivity index (χ1) is 16.6. The van der Waals surface area contributed by atoms with E-state index in [1.807, 2.05) is 0 Å². The number of carbonyl (C=O) groups is 3. The lowest BCUT2D eigenvalue weighted by atomic mass is 9.84. The normalized spacial score (nSPS) is 21.6. The van der Waals surface area contributed by atoms with Gasteiger partial charge in [-0.05, 0) is 48.6 Å². The van der Waals surface area contributed by atoms with E-state index >= 15 is 0 Å². The van der Waals surface area contributed by atoms with Crippen LogP contribution < -0.4 is 5.32 Å². The summed E-state index contributed by atoms with van der Waals surface area (Å²) in [4.78, 5) is 43.3. The monoisotopic (exact) mass is 505 g/mol. The average molecular weight is 506 g/mol. The van der Waals surface area contributed by atoms with E-state index in [4.69, 9.17) is 10.3 Å². The van der Waals surface area contributed by atoms with Crippen LogP contribution in [0.1, 0.15) is 55.3 Å². The van der Waals surface area contributed by atoms with Gasteiger partial charge in [-0.3, -0.25) is 9.59 Å². The van der Waals surface area contributed by atoms with Crippen molar-refractivity contribution in [3.8, 4) is 0 Å². The van der Waals surface area contributed by atoms with Crippen molar-refractivity contribution in [3.05, 3.63) is 40.3 Å². The number of benzene rings is 1. The number of esters is 1. The van der Waals surface area contributed by atoms with E-state index in [9.17, 15) is 22.8 Å². The number of amides is 2. The smallest absolute Gasteiger partial charge is 0.328 e. The van der Waals surface area contributed by atoms with Crippen molar-refractivity contribution in [2.24, 2.45) is 11.0 Å². The molecule has 0 radical (unpaired) electrons. The van der Waals surface area contributed by atoms with Crippen LogP contribution in [0.25, 0.3) is 10.4 Å². The number of ether oxygens (including phenoxy) is 1. The molecule has 1 heterocycles. The molecule has 1 aliphatic heterocycles. The maximum atomic E-state index is 13.6. The van der Waals surface area contributed by atoms with Gasteiger partial charge in [-0.25, -0.2) is 13.2 Å². The summed E-state index contributed by atoms with van der Waals surface area (Å²) < 4.78 is 28.3. The van der Waals surface area contributed by atoms with Crippen LogP contribution in [0.3, 0.4) is 0 Å². The van der Waals surface area contributed by atoms with Crippen molar-refractivity contribution in [2.45, 2.75) is 68.0 Å². The van der Waals surface area contributed by atoms with Crippen molar-refractivity contribution in [2.75, 3.05) is 19.9 Å². The Labute approximate surface area is 204 Å². The van der Waals surface area contributed by atoms with Gasteiger partial charge in [0.05, 0.1) is 18.0 Å². The molecule has 2 aliphatic rings. The van der Waals surface area contributed by atoms with Crippen LogP contribution in [0, 0.1) is 5.92 Å². The second kappa shape index (κ2) is 11.5. The number of hydrogen-bond acceptors (Lipinski definition) is 7. The highest BCUT2D eigenvalue weighted by Crippen LogP contribution is 2.29. The minimum absolute atomic E-state index is 0.0583. The van der Waals surface area contributed by atoms with Gasteiger partial charge in [-0.2, -0.15) is 0 Å². The number of hydrogen-bond donors (Lipinski definition) is 1. The van der Waals surface area contributed by atoms with Crippen molar-refractivity contribution < 1.29 is 27.5 Å². The van der Waals surface area contributed by atoms with Crippen LogP contribution in [0.15, 0.2) is 34.3 Å². The summed E-state index contributed by atoms with van der Waals surface area (Å²) in [7, 11) is -2.18. The second-order valence-electron chi connectivity index (χ2n) is 9.19. The van der Waals surface area contributed by atoms with Crippen LogP contribution in [0.5, 0.6) is 0 Å². The minimum atomic E-state index is -3.41. The Morgan fingerprint density at radius 1 is 1.20 bits per heavy atom. The molecular formula is C23H31N5O6S. The van der Waals surface area contributed by atoms with Crippen LogP contribution in [-0.4, -0.2) is 69.1 Å². The van der Waals surface area contributed by atoms with Gasteiger partial charge in [0.2, 0.25) is 5.91 Å². The van der Waals surface area contributed by atoms with E-state index in [1.165, 1.54) is 36.3 Å². The van der Waals surface area contributed by atoms with Crippen LogP contribution >= 0.6 is 0 Å². The summed E-state index contributed by atoms with van der Waals surface area (Å²) in [5, 5.41) is 6.48. The highest BCUT2D eigenvalue weighted by Gasteiger charge is 2.43. The fourth-order valence-electron chi connectivity index (χ4n) is 4.85. The SMILES string of the molecule is COC(=O)[C@@H]1CC(N=[N+]=[N-])CN1C(=O)[C@@H](CC1CCCCC1)NC(=O)c1ccc(S(C)(=O)=O)cc1. The van der Waals surface area contributed by atoms with E-state index in [1.54, 1.807) is 0 Å². The molecule has 1 unspecified atom stereocenters. The maximum absolute atomic E-state index is 13.6. The Balaban J connectivity index is 1.84. The summed E-state index contributed by atoms with van der Waals surface area (Å²) in [6, 6.07) is 3.14. The molecule has 1 aromatic carbocycles. The van der Waals surface area contributed by atoms with E-state index in [2.05, 4.69) is 15.3 Å². The first-order valence-corrected chi connectivity index (χ1v) is 13.6. The number of nitrogens with one attached hydrogen (secondary N) is 1. The van der Waals surface area contributed by atoms with Gasteiger partial charge in [-0.15, -0.1) is 0 Å². The molecule has 1 aromatic rings. The van der Waals surface area contributed by atoms with E-state index < -0.39 is 45.7 Å². The van der Waals surface area contributed by atoms with E-state index in [0.717, 1.165) is 38.4 Å². The van der Waals surface area contributed by atoms with Gasteiger partial charge >= 0.3 is 5.97 Å². The molecule has 0 spiro atoms. The fourth-order valence-corrected chi connectivity index (χ4v) is 5.48. The first kappa shape index (κ1) is 26.5. The van der Waals surface area contributed by atoms with Crippen molar-refractivity contribution in [1.82, 2.24) is 10.2 Å². The summed E-state index contributed by atoms with van der Waals surface area (Å²) in [5.41, 5.74) is 9.04. The third-order valence-electron chi connectivity index (χ3n) is 6.69. The predicted molar refractivity (Wildman–Crippen MR) is 127 cm³/mol. The molecule has 1 saturated heterocycles. The van der Waals surface area contributed by atoms with E-state index in [0.29, 0.717) is 6.42 Å². The second-order valence-corrected chi connectivity index (χ2v) is 11.2. The molecule has 1 aliphatic carbocycles. The third kappa shape index (κ3) is 6.73. The molecule has 1 saturated carbocycles. The third-order valence-corrected chi connectivity index (χ3v) is 7.82. The largest absolute Gasteiger partial charge is 0.467 e. The standard InChI is InChI=1S/C23H31N5O6S/c1-34-23(31)20-13-17(26-27-24)14-28(20)22(30)19(12-15-6-4-3-5-7-15)25-21(29)16-8-10-18(11-9-16)35(2,32)33/h8-11,15,17,19-20H,3-7,12-14H2,1-2H3,(H,25,29)/t17?,19-,20+/m1/s1. The molecule has 11 nitrogen and oxygen atoms in total. The first-order valence-electron chi connectivity index (χ1n) is 11.7. The number of likely N-dealkylation sites (tertiary alicyclic amines) is 1. The predicted octanol–water partition coefficient (Wildman–Crippen LogP) is 2.61.